The maximum Gasteiger partial charge on any atom is 0.277 e. The first kappa shape index (κ1) is 20.6. The molecular formula is C23H22N4O3S. The van der Waals surface area contributed by atoms with Gasteiger partial charge in [0.1, 0.15) is 5.75 Å². The molecule has 2 N–H and O–H groups in total. The lowest BCUT2D eigenvalue weighted by Gasteiger charge is -2.06. The predicted octanol–water partition coefficient (Wildman–Crippen LogP) is 4.18. The van der Waals surface area contributed by atoms with Crippen molar-refractivity contribution in [2.75, 3.05) is 11.9 Å². The molecule has 0 saturated carbocycles. The van der Waals surface area contributed by atoms with E-state index in [1.165, 1.54) is 16.0 Å². The van der Waals surface area contributed by atoms with E-state index < -0.39 is 0 Å². The number of amides is 1. The molecular weight excluding hydrogens is 412 g/mol. The molecule has 0 aliphatic heterocycles. The minimum absolute atomic E-state index is 0.0295. The van der Waals surface area contributed by atoms with Gasteiger partial charge in [-0.25, -0.2) is 4.98 Å². The third kappa shape index (κ3) is 4.59. The van der Waals surface area contributed by atoms with Crippen molar-refractivity contribution in [2.24, 2.45) is 0 Å². The monoisotopic (exact) mass is 434 g/mol. The quantitative estimate of drug-likeness (QED) is 0.457. The number of hydrogen-bond donors (Lipinski definition) is 2. The summed E-state index contributed by atoms with van der Waals surface area (Å²) in [5.74, 6) is 0.475. The number of aromatic nitrogens is 3. The Hall–Kier alpha value is -3.65. The number of carbonyl (C=O) groups excluding carboxylic acids is 1. The number of nitrogens with zero attached hydrogens (tertiary/aromatic N) is 2. The number of rotatable bonds is 7. The summed E-state index contributed by atoms with van der Waals surface area (Å²) in [6.45, 7) is 4.27. The first-order valence-electron chi connectivity index (χ1n) is 9.89. The summed E-state index contributed by atoms with van der Waals surface area (Å²) in [7, 11) is 0. The van der Waals surface area contributed by atoms with Crippen LogP contribution in [0.3, 0.4) is 0 Å². The number of aryl methyl sites for hydroxylation is 1. The molecule has 31 heavy (non-hydrogen) atoms. The van der Waals surface area contributed by atoms with Gasteiger partial charge in [0, 0.05) is 27.9 Å². The summed E-state index contributed by atoms with van der Waals surface area (Å²) in [6, 6.07) is 16.9. The van der Waals surface area contributed by atoms with Gasteiger partial charge in [0.15, 0.2) is 0 Å². The van der Waals surface area contributed by atoms with E-state index in [2.05, 4.69) is 15.4 Å². The van der Waals surface area contributed by atoms with E-state index in [1.54, 1.807) is 31.2 Å². The largest absolute Gasteiger partial charge is 0.494 e. The molecule has 2 heterocycles. The van der Waals surface area contributed by atoms with Crippen LogP contribution in [0.5, 0.6) is 5.75 Å². The minimum Gasteiger partial charge on any atom is -0.494 e. The van der Waals surface area contributed by atoms with Gasteiger partial charge in [-0.3, -0.25) is 14.7 Å². The Kier molecular flexibility index (Phi) is 5.99. The van der Waals surface area contributed by atoms with E-state index in [0.717, 1.165) is 17.0 Å². The molecule has 0 aliphatic rings. The minimum atomic E-state index is -0.270. The maximum absolute atomic E-state index is 12.9. The normalized spacial score (nSPS) is 10.8. The number of nitrogens with one attached hydrogen (secondary N) is 2. The Morgan fingerprint density at radius 2 is 1.90 bits per heavy atom. The van der Waals surface area contributed by atoms with E-state index >= 15 is 0 Å². The smallest absolute Gasteiger partial charge is 0.277 e. The standard InChI is InChI=1S/C23H22N4O3S/c1-3-30-18-11-9-17(10-12-18)24-21(28)13-19-15(2)26-27(22(19)29)23-25-20(14-31-23)16-7-5-4-6-8-16/h4-12,14,26H,3,13H2,1-2H3,(H,24,28). The zero-order valence-electron chi connectivity index (χ0n) is 17.2. The van der Waals surface area contributed by atoms with E-state index in [-0.39, 0.29) is 17.9 Å². The molecule has 4 rings (SSSR count). The van der Waals surface area contributed by atoms with Crippen LogP contribution in [-0.2, 0) is 11.2 Å². The number of ether oxygens (including phenoxy) is 1. The zero-order valence-corrected chi connectivity index (χ0v) is 18.0. The highest BCUT2D eigenvalue weighted by Crippen LogP contribution is 2.23. The number of H-pyrrole nitrogens is 1. The van der Waals surface area contributed by atoms with Crippen LogP contribution in [0.15, 0.2) is 64.8 Å². The Labute approximate surface area is 183 Å². The first-order valence-corrected chi connectivity index (χ1v) is 10.8. The fourth-order valence-corrected chi connectivity index (χ4v) is 3.99. The van der Waals surface area contributed by atoms with Crippen LogP contribution in [0.2, 0.25) is 0 Å². The number of carbonyl (C=O) groups is 1. The molecule has 0 fully saturated rings. The van der Waals surface area contributed by atoms with Crippen LogP contribution in [-0.4, -0.2) is 27.3 Å². The van der Waals surface area contributed by atoms with Crippen LogP contribution in [0.1, 0.15) is 18.2 Å². The molecule has 2 aromatic carbocycles. The fraction of sp³-hybridized carbons (Fsp3) is 0.174. The summed E-state index contributed by atoms with van der Waals surface area (Å²) < 4.78 is 6.80. The van der Waals surface area contributed by atoms with Crippen molar-refractivity contribution in [3.8, 4) is 22.1 Å². The van der Waals surface area contributed by atoms with Gasteiger partial charge in [-0.2, -0.15) is 4.68 Å². The van der Waals surface area contributed by atoms with Crippen LogP contribution in [0.4, 0.5) is 5.69 Å². The molecule has 0 radical (unpaired) electrons. The third-order valence-corrected chi connectivity index (χ3v) is 5.56. The topological polar surface area (TPSA) is 89.0 Å². The van der Waals surface area contributed by atoms with Gasteiger partial charge in [0.2, 0.25) is 11.0 Å². The summed E-state index contributed by atoms with van der Waals surface area (Å²) in [5, 5.41) is 8.30. The average Bonchev–Trinajstić information content (AvgIpc) is 3.37. The molecule has 0 unspecified atom stereocenters. The molecule has 1 amide bonds. The van der Waals surface area contributed by atoms with Crippen molar-refractivity contribution >= 4 is 22.9 Å². The summed E-state index contributed by atoms with van der Waals surface area (Å²) in [5.41, 5.74) is 3.22. The summed E-state index contributed by atoms with van der Waals surface area (Å²) in [6.07, 6.45) is -0.0295. The molecule has 158 valence electrons. The van der Waals surface area contributed by atoms with Gasteiger partial charge in [-0.05, 0) is 38.1 Å². The van der Waals surface area contributed by atoms with Gasteiger partial charge in [-0.1, -0.05) is 30.3 Å². The molecule has 8 heteroatoms. The van der Waals surface area contributed by atoms with Crippen molar-refractivity contribution in [3.63, 3.8) is 0 Å². The number of thiazole rings is 1. The molecule has 0 atom stereocenters. The SMILES string of the molecule is CCOc1ccc(NC(=O)Cc2c(C)[nH]n(-c3nc(-c4ccccc4)cs3)c2=O)cc1. The van der Waals surface area contributed by atoms with E-state index in [0.29, 0.717) is 28.7 Å². The maximum atomic E-state index is 12.9. The number of aromatic amines is 1. The lowest BCUT2D eigenvalue weighted by molar-refractivity contribution is -0.115. The Morgan fingerprint density at radius 3 is 2.61 bits per heavy atom. The molecule has 0 bridgehead atoms. The van der Waals surface area contributed by atoms with Crippen molar-refractivity contribution in [1.29, 1.82) is 0 Å². The predicted molar refractivity (Wildman–Crippen MR) is 122 cm³/mol. The summed E-state index contributed by atoms with van der Waals surface area (Å²) >= 11 is 1.37. The zero-order chi connectivity index (χ0) is 21.8. The van der Waals surface area contributed by atoms with Crippen LogP contribution in [0.25, 0.3) is 16.4 Å². The molecule has 0 spiro atoms. The van der Waals surface area contributed by atoms with Gasteiger partial charge in [0.25, 0.3) is 5.56 Å². The third-order valence-electron chi connectivity index (χ3n) is 4.73. The van der Waals surface area contributed by atoms with E-state index in [1.807, 2.05) is 42.6 Å². The van der Waals surface area contributed by atoms with Gasteiger partial charge >= 0.3 is 0 Å². The van der Waals surface area contributed by atoms with Gasteiger partial charge < -0.3 is 10.1 Å². The average molecular weight is 435 g/mol. The Bertz CT molecular complexity index is 1240. The number of hydrogen-bond acceptors (Lipinski definition) is 5. The Balaban J connectivity index is 1.50. The number of anilines is 1. The molecule has 7 nitrogen and oxygen atoms in total. The van der Waals surface area contributed by atoms with E-state index in [4.69, 9.17) is 4.74 Å². The van der Waals surface area contributed by atoms with Gasteiger partial charge in [0.05, 0.1) is 18.7 Å². The second-order valence-electron chi connectivity index (χ2n) is 6.92. The van der Waals surface area contributed by atoms with Crippen LogP contribution < -0.4 is 15.6 Å². The van der Waals surface area contributed by atoms with Crippen LogP contribution in [0, 0.1) is 6.92 Å². The molecule has 4 aromatic rings. The highest BCUT2D eigenvalue weighted by atomic mass is 32.1. The fourth-order valence-electron chi connectivity index (χ4n) is 3.20. The Morgan fingerprint density at radius 1 is 1.16 bits per heavy atom. The summed E-state index contributed by atoms with van der Waals surface area (Å²) in [4.78, 5) is 30.0. The number of benzene rings is 2. The van der Waals surface area contributed by atoms with Crippen molar-refractivity contribution < 1.29 is 9.53 Å². The molecule has 0 aliphatic carbocycles. The highest BCUT2D eigenvalue weighted by molar-refractivity contribution is 7.12. The van der Waals surface area contributed by atoms with Crippen molar-refractivity contribution in [2.45, 2.75) is 20.3 Å². The van der Waals surface area contributed by atoms with E-state index in [9.17, 15) is 9.59 Å². The lowest BCUT2D eigenvalue weighted by atomic mass is 10.2. The second-order valence-corrected chi connectivity index (χ2v) is 7.76. The molecule has 2 aromatic heterocycles. The van der Waals surface area contributed by atoms with Crippen LogP contribution >= 0.6 is 11.3 Å². The second kappa shape index (κ2) is 9.01. The lowest BCUT2D eigenvalue weighted by Crippen LogP contribution is -2.22. The van der Waals surface area contributed by atoms with Crippen molar-refractivity contribution in [3.05, 3.63) is 81.6 Å². The van der Waals surface area contributed by atoms with Crippen molar-refractivity contribution in [1.82, 2.24) is 14.8 Å². The van der Waals surface area contributed by atoms with Gasteiger partial charge in [-0.15, -0.1) is 11.3 Å². The highest BCUT2D eigenvalue weighted by Gasteiger charge is 2.18. The first-order chi connectivity index (χ1) is 15.0. The molecule has 0 saturated heterocycles.